The number of piperidine rings is 1. The third kappa shape index (κ3) is 3.30. The molecule has 0 spiro atoms. The molecular weight excluding hydrogens is 274 g/mol. The Morgan fingerprint density at radius 3 is 2.45 bits per heavy atom. The monoisotopic (exact) mass is 301 g/mol. The van der Waals surface area contributed by atoms with Crippen LogP contribution in [0.5, 0.6) is 0 Å². The molecule has 0 radical (unpaired) electrons. The van der Waals surface area contributed by atoms with E-state index in [4.69, 9.17) is 4.74 Å². The van der Waals surface area contributed by atoms with E-state index in [1.165, 1.54) is 64.5 Å². The Labute approximate surface area is 128 Å². The van der Waals surface area contributed by atoms with Gasteiger partial charge in [-0.15, -0.1) is 0 Å². The van der Waals surface area contributed by atoms with Crippen molar-refractivity contribution < 1.29 is 26.8 Å². The topological polar surface area (TPSA) is 30.7 Å². The van der Waals surface area contributed by atoms with Gasteiger partial charge in [-0.25, -0.2) is 0 Å². The van der Waals surface area contributed by atoms with Gasteiger partial charge >= 0.3 is 5.97 Å². The Balaban J connectivity index is 0.00000147. The lowest BCUT2D eigenvalue weighted by atomic mass is 9.67. The summed E-state index contributed by atoms with van der Waals surface area (Å²) in [6.07, 6.45) is 11.0. The summed E-state index contributed by atoms with van der Waals surface area (Å²) in [4.78, 5) is 13.2. The third-order valence-electron chi connectivity index (χ3n) is 5.69. The highest BCUT2D eigenvalue weighted by Crippen LogP contribution is 2.41. The second-order valence-electron chi connectivity index (χ2n) is 6.83. The van der Waals surface area contributed by atoms with Gasteiger partial charge in [-0.2, -0.15) is 0 Å². The highest BCUT2D eigenvalue weighted by atomic mass is 35.5. The number of ether oxygens (including phenoxy) is 1. The molecule has 3 rings (SSSR count). The quantitative estimate of drug-likeness (QED) is 0.634. The molecule has 1 heterocycles. The summed E-state index contributed by atoms with van der Waals surface area (Å²) in [6, 6.07) is 0.765. The highest BCUT2D eigenvalue weighted by Gasteiger charge is 2.47. The first kappa shape index (κ1) is 16.1. The fourth-order valence-electron chi connectivity index (χ4n) is 4.90. The molecule has 116 valence electrons. The minimum atomic E-state index is -0.0730. The molecule has 4 unspecified atom stereocenters. The Morgan fingerprint density at radius 2 is 1.75 bits per heavy atom. The van der Waals surface area contributed by atoms with Crippen molar-refractivity contribution in [2.75, 3.05) is 13.1 Å². The lowest BCUT2D eigenvalue weighted by Gasteiger charge is -2.48. The van der Waals surface area contributed by atoms with Crippen molar-refractivity contribution in [3.05, 3.63) is 0 Å². The number of carbonyl (C=O) groups is 1. The maximum atomic E-state index is 11.4. The van der Waals surface area contributed by atoms with Crippen LogP contribution in [-0.2, 0) is 9.53 Å². The normalized spacial score (nSPS) is 37.9. The average molecular weight is 302 g/mol. The summed E-state index contributed by atoms with van der Waals surface area (Å²) in [5.74, 6) is 1.23. The van der Waals surface area contributed by atoms with Crippen LogP contribution in [0, 0.1) is 11.8 Å². The summed E-state index contributed by atoms with van der Waals surface area (Å²) in [5.41, 5.74) is 0. The van der Waals surface area contributed by atoms with Gasteiger partial charge < -0.3 is 22.0 Å². The lowest BCUT2D eigenvalue weighted by molar-refractivity contribution is -0.936. The van der Waals surface area contributed by atoms with Crippen LogP contribution in [0.4, 0.5) is 0 Å². The zero-order chi connectivity index (χ0) is 13.2. The number of likely N-dealkylation sites (tertiary alicyclic amines) is 1. The van der Waals surface area contributed by atoms with Crippen molar-refractivity contribution in [2.45, 2.75) is 70.4 Å². The molecule has 2 aliphatic carbocycles. The molecule has 20 heavy (non-hydrogen) atoms. The van der Waals surface area contributed by atoms with Gasteiger partial charge in [0.25, 0.3) is 0 Å². The zero-order valence-corrected chi connectivity index (χ0v) is 13.3. The number of halogens is 1. The zero-order valence-electron chi connectivity index (χ0n) is 12.6. The average Bonchev–Trinajstić information content (AvgIpc) is 2.39. The molecule has 4 atom stereocenters. The summed E-state index contributed by atoms with van der Waals surface area (Å²) in [7, 11) is 0. The van der Waals surface area contributed by atoms with E-state index in [1.54, 1.807) is 6.92 Å². The Bertz CT molecular complexity index is 330. The fraction of sp³-hybridized carbons (Fsp3) is 0.938. The number of hydrogen-bond donors (Lipinski definition) is 1. The van der Waals surface area contributed by atoms with Gasteiger partial charge in [0, 0.05) is 19.3 Å². The van der Waals surface area contributed by atoms with Crippen molar-refractivity contribution in [3.63, 3.8) is 0 Å². The lowest BCUT2D eigenvalue weighted by Crippen LogP contribution is -3.17. The van der Waals surface area contributed by atoms with E-state index in [-0.39, 0.29) is 24.5 Å². The first-order valence-corrected chi connectivity index (χ1v) is 8.27. The summed E-state index contributed by atoms with van der Waals surface area (Å²) in [5, 5.41) is 0. The van der Waals surface area contributed by atoms with Gasteiger partial charge in [0.05, 0.1) is 19.1 Å². The van der Waals surface area contributed by atoms with E-state index < -0.39 is 0 Å². The second kappa shape index (κ2) is 7.13. The van der Waals surface area contributed by atoms with E-state index in [2.05, 4.69) is 0 Å². The van der Waals surface area contributed by atoms with E-state index in [0.29, 0.717) is 11.8 Å². The Kier molecular flexibility index (Phi) is 5.74. The highest BCUT2D eigenvalue weighted by molar-refractivity contribution is 5.66. The van der Waals surface area contributed by atoms with Gasteiger partial charge in [0.15, 0.2) is 0 Å². The molecule has 1 saturated heterocycles. The number of rotatable bonds is 2. The second-order valence-corrected chi connectivity index (χ2v) is 6.83. The van der Waals surface area contributed by atoms with Crippen LogP contribution < -0.4 is 17.3 Å². The molecule has 3 nitrogen and oxygen atoms in total. The number of hydrogen-bond acceptors (Lipinski definition) is 2. The molecule has 4 heteroatoms. The first-order valence-electron chi connectivity index (χ1n) is 8.27. The van der Waals surface area contributed by atoms with E-state index >= 15 is 0 Å². The van der Waals surface area contributed by atoms with E-state index in [1.807, 2.05) is 4.90 Å². The van der Waals surface area contributed by atoms with Crippen LogP contribution in [0.2, 0.25) is 0 Å². The number of carbonyl (C=O) groups excluding carboxylic acids is 1. The molecule has 2 saturated carbocycles. The molecule has 0 aromatic heterocycles. The Hall–Kier alpha value is -0.280. The summed E-state index contributed by atoms with van der Waals surface area (Å²) in [6.45, 7) is 4.27. The molecule has 1 aliphatic heterocycles. The molecular formula is C16H28ClNO2. The van der Waals surface area contributed by atoms with Gasteiger partial charge in [0.2, 0.25) is 0 Å². The maximum absolute atomic E-state index is 11.4. The SMILES string of the molecule is CC(=O)OC1C2CCCC1C([NH+]1CCCCC1)CC2.[Cl-]. The summed E-state index contributed by atoms with van der Waals surface area (Å²) < 4.78 is 5.73. The van der Waals surface area contributed by atoms with Crippen LogP contribution in [0.1, 0.15) is 58.3 Å². The van der Waals surface area contributed by atoms with Crippen LogP contribution in [0.15, 0.2) is 0 Å². The molecule has 1 N–H and O–H groups in total. The number of nitrogens with one attached hydrogen (secondary N) is 1. The van der Waals surface area contributed by atoms with E-state index in [0.717, 1.165) is 6.04 Å². The van der Waals surface area contributed by atoms with Gasteiger partial charge in [-0.05, 0) is 44.4 Å². The van der Waals surface area contributed by atoms with Crippen molar-refractivity contribution in [3.8, 4) is 0 Å². The molecule has 0 aromatic rings. The first-order chi connectivity index (χ1) is 9.25. The predicted octanol–water partition coefficient (Wildman–Crippen LogP) is -1.43. The Morgan fingerprint density at radius 1 is 1.00 bits per heavy atom. The van der Waals surface area contributed by atoms with Crippen molar-refractivity contribution in [1.29, 1.82) is 0 Å². The van der Waals surface area contributed by atoms with E-state index in [9.17, 15) is 4.79 Å². The van der Waals surface area contributed by atoms with Gasteiger partial charge in [-0.3, -0.25) is 4.79 Å². The molecule has 3 fully saturated rings. The van der Waals surface area contributed by atoms with Crippen LogP contribution in [0.3, 0.4) is 0 Å². The van der Waals surface area contributed by atoms with Gasteiger partial charge in [0.1, 0.15) is 6.10 Å². The predicted molar refractivity (Wildman–Crippen MR) is 74.0 cm³/mol. The van der Waals surface area contributed by atoms with Crippen LogP contribution >= 0.6 is 0 Å². The van der Waals surface area contributed by atoms with Crippen molar-refractivity contribution >= 4 is 5.97 Å². The van der Waals surface area contributed by atoms with Gasteiger partial charge in [-0.1, -0.05) is 6.42 Å². The number of fused-ring (bicyclic) bond motifs is 2. The molecule has 0 amide bonds. The maximum Gasteiger partial charge on any atom is 0.302 e. The largest absolute Gasteiger partial charge is 1.00 e. The van der Waals surface area contributed by atoms with Crippen molar-refractivity contribution in [1.82, 2.24) is 0 Å². The minimum Gasteiger partial charge on any atom is -1.00 e. The fourth-order valence-corrected chi connectivity index (χ4v) is 4.90. The van der Waals surface area contributed by atoms with Crippen LogP contribution in [0.25, 0.3) is 0 Å². The van der Waals surface area contributed by atoms with Crippen LogP contribution in [-0.4, -0.2) is 31.2 Å². The van der Waals surface area contributed by atoms with Crippen molar-refractivity contribution in [2.24, 2.45) is 11.8 Å². The standard InChI is InChI=1S/C16H27NO2.ClH/c1-12(18)19-16-13-6-5-7-14(16)15(9-8-13)17-10-3-2-4-11-17;/h13-16H,2-11H2,1H3;1H. The molecule has 3 aliphatic rings. The number of esters is 1. The minimum absolute atomic E-state index is 0. The summed E-state index contributed by atoms with van der Waals surface area (Å²) >= 11 is 0. The molecule has 0 aromatic carbocycles. The number of quaternary nitrogens is 1. The molecule has 2 bridgehead atoms. The smallest absolute Gasteiger partial charge is 0.302 e. The third-order valence-corrected chi connectivity index (χ3v) is 5.69.